The molecule has 3 nitrogen and oxygen atoms in total. The Morgan fingerprint density at radius 2 is 1.94 bits per heavy atom. The molecule has 1 unspecified atom stereocenters. The second kappa shape index (κ2) is 5.57. The molecule has 0 aliphatic carbocycles. The summed E-state index contributed by atoms with van der Waals surface area (Å²) in [5.41, 5.74) is 9.12. The number of hydrogen-bond donors (Lipinski definition) is 2. The first-order valence-electron chi connectivity index (χ1n) is 5.71. The van der Waals surface area contributed by atoms with E-state index in [-0.39, 0.29) is 6.04 Å². The summed E-state index contributed by atoms with van der Waals surface area (Å²) in [6.45, 7) is 0.581. The van der Waals surface area contributed by atoms with Crippen LogP contribution in [0.5, 0.6) is 0 Å². The Kier molecular flexibility index (Phi) is 3.85. The van der Waals surface area contributed by atoms with Crippen molar-refractivity contribution in [3.05, 3.63) is 65.5 Å². The van der Waals surface area contributed by atoms with E-state index < -0.39 is 0 Å². The zero-order valence-electron chi connectivity index (χ0n) is 9.93. The van der Waals surface area contributed by atoms with E-state index in [1.54, 1.807) is 6.20 Å². The number of nitrogens with zero attached hydrogens (tertiary/aromatic N) is 1. The second-order valence-corrected chi connectivity index (χ2v) is 3.95. The van der Waals surface area contributed by atoms with Crippen molar-refractivity contribution >= 4 is 0 Å². The van der Waals surface area contributed by atoms with Crippen molar-refractivity contribution in [2.75, 3.05) is 7.05 Å². The number of hydrogen-bond acceptors (Lipinski definition) is 3. The van der Waals surface area contributed by atoms with E-state index in [0.717, 1.165) is 11.1 Å². The highest BCUT2D eigenvalue weighted by molar-refractivity contribution is 5.32. The first-order valence-corrected chi connectivity index (χ1v) is 5.71. The van der Waals surface area contributed by atoms with Crippen LogP contribution in [0.4, 0.5) is 0 Å². The molecule has 17 heavy (non-hydrogen) atoms. The van der Waals surface area contributed by atoms with Gasteiger partial charge in [-0.3, -0.25) is 4.98 Å². The van der Waals surface area contributed by atoms with Crippen LogP contribution in [-0.2, 0) is 6.54 Å². The van der Waals surface area contributed by atoms with Gasteiger partial charge in [-0.25, -0.2) is 0 Å². The molecule has 3 N–H and O–H groups in total. The van der Waals surface area contributed by atoms with E-state index in [1.807, 2.05) is 19.3 Å². The molecule has 88 valence electrons. The smallest absolute Gasteiger partial charge is 0.0589 e. The van der Waals surface area contributed by atoms with E-state index >= 15 is 0 Å². The largest absolute Gasteiger partial charge is 0.326 e. The van der Waals surface area contributed by atoms with Gasteiger partial charge in [-0.05, 0) is 29.8 Å². The fourth-order valence-corrected chi connectivity index (χ4v) is 1.92. The van der Waals surface area contributed by atoms with Crippen molar-refractivity contribution < 1.29 is 0 Å². The maximum absolute atomic E-state index is 5.59. The van der Waals surface area contributed by atoms with Gasteiger partial charge in [-0.2, -0.15) is 0 Å². The van der Waals surface area contributed by atoms with Crippen molar-refractivity contribution in [3.8, 4) is 0 Å². The lowest BCUT2D eigenvalue weighted by Crippen LogP contribution is -2.17. The van der Waals surface area contributed by atoms with Crippen LogP contribution in [0.1, 0.15) is 22.7 Å². The van der Waals surface area contributed by atoms with E-state index in [1.165, 1.54) is 5.56 Å². The fraction of sp³-hybridized carbons (Fsp3) is 0.214. The first kappa shape index (κ1) is 11.8. The lowest BCUT2D eigenvalue weighted by molar-refractivity contribution is 0.688. The lowest BCUT2D eigenvalue weighted by Gasteiger charge is -2.17. The molecular formula is C14H17N3. The van der Waals surface area contributed by atoms with Crippen molar-refractivity contribution in [1.29, 1.82) is 0 Å². The molecule has 0 aliphatic heterocycles. The predicted octanol–water partition coefficient (Wildman–Crippen LogP) is 1.85. The highest BCUT2D eigenvalue weighted by atomic mass is 14.9. The fourth-order valence-electron chi connectivity index (χ4n) is 1.92. The Labute approximate surface area is 102 Å². The van der Waals surface area contributed by atoms with E-state index in [0.29, 0.717) is 6.54 Å². The van der Waals surface area contributed by atoms with Crippen LogP contribution in [0.25, 0.3) is 0 Å². The average molecular weight is 227 g/mol. The maximum Gasteiger partial charge on any atom is 0.0589 e. The number of aromatic nitrogens is 1. The molecule has 0 aliphatic rings. The number of benzene rings is 1. The van der Waals surface area contributed by atoms with E-state index in [9.17, 15) is 0 Å². The van der Waals surface area contributed by atoms with Gasteiger partial charge in [-0.15, -0.1) is 0 Å². The number of pyridine rings is 1. The van der Waals surface area contributed by atoms with Gasteiger partial charge in [0, 0.05) is 18.9 Å². The highest BCUT2D eigenvalue weighted by Gasteiger charge is 2.11. The predicted molar refractivity (Wildman–Crippen MR) is 69.5 cm³/mol. The Morgan fingerprint density at radius 1 is 1.18 bits per heavy atom. The zero-order chi connectivity index (χ0) is 12.1. The molecule has 0 spiro atoms. The van der Waals surface area contributed by atoms with Gasteiger partial charge in [0.25, 0.3) is 0 Å². The summed E-state index contributed by atoms with van der Waals surface area (Å²) < 4.78 is 0. The van der Waals surface area contributed by atoms with Crippen molar-refractivity contribution in [1.82, 2.24) is 10.3 Å². The quantitative estimate of drug-likeness (QED) is 0.838. The standard InChI is InChI=1S/C14H17N3/c1-16-14(13-3-2-8-17-10-13)12-6-4-11(9-15)5-7-12/h2-8,10,14,16H,9,15H2,1H3. The second-order valence-electron chi connectivity index (χ2n) is 3.95. The van der Waals surface area contributed by atoms with Crippen LogP contribution >= 0.6 is 0 Å². The van der Waals surface area contributed by atoms with Gasteiger partial charge in [-0.1, -0.05) is 30.3 Å². The summed E-state index contributed by atoms with van der Waals surface area (Å²) in [6.07, 6.45) is 3.67. The molecule has 2 aromatic rings. The molecule has 1 aromatic heterocycles. The Balaban J connectivity index is 2.29. The third-order valence-corrected chi connectivity index (χ3v) is 2.86. The van der Waals surface area contributed by atoms with E-state index in [2.05, 4.69) is 40.6 Å². The summed E-state index contributed by atoms with van der Waals surface area (Å²) in [5, 5.41) is 3.30. The Hall–Kier alpha value is -1.71. The lowest BCUT2D eigenvalue weighted by atomic mass is 9.99. The van der Waals surface area contributed by atoms with Crippen LogP contribution in [0.2, 0.25) is 0 Å². The molecule has 0 bridgehead atoms. The molecule has 0 fully saturated rings. The third kappa shape index (κ3) is 2.70. The topological polar surface area (TPSA) is 50.9 Å². The van der Waals surface area contributed by atoms with Crippen LogP contribution in [0.3, 0.4) is 0 Å². The Bertz CT molecular complexity index is 451. The minimum absolute atomic E-state index is 0.176. The van der Waals surface area contributed by atoms with Gasteiger partial charge in [0.15, 0.2) is 0 Å². The van der Waals surface area contributed by atoms with Gasteiger partial charge >= 0.3 is 0 Å². The summed E-state index contributed by atoms with van der Waals surface area (Å²) in [6, 6.07) is 12.5. The first-order chi connectivity index (χ1) is 8.35. The van der Waals surface area contributed by atoms with Crippen LogP contribution in [-0.4, -0.2) is 12.0 Å². The van der Waals surface area contributed by atoms with Crippen LogP contribution in [0.15, 0.2) is 48.8 Å². The molecular weight excluding hydrogens is 210 g/mol. The molecule has 3 heteroatoms. The molecule has 1 atom stereocenters. The number of nitrogens with two attached hydrogens (primary N) is 1. The zero-order valence-corrected chi connectivity index (χ0v) is 9.93. The molecule has 0 saturated carbocycles. The normalized spacial score (nSPS) is 12.4. The summed E-state index contributed by atoms with van der Waals surface area (Å²) >= 11 is 0. The number of nitrogens with one attached hydrogen (secondary N) is 1. The molecule has 0 amide bonds. The molecule has 1 aromatic carbocycles. The summed E-state index contributed by atoms with van der Waals surface area (Å²) in [4.78, 5) is 4.15. The Morgan fingerprint density at radius 3 is 2.47 bits per heavy atom. The van der Waals surface area contributed by atoms with Gasteiger partial charge < -0.3 is 11.1 Å². The monoisotopic (exact) mass is 227 g/mol. The molecule has 0 saturated heterocycles. The summed E-state index contributed by atoms with van der Waals surface area (Å²) in [5.74, 6) is 0. The highest BCUT2D eigenvalue weighted by Crippen LogP contribution is 2.21. The third-order valence-electron chi connectivity index (χ3n) is 2.86. The maximum atomic E-state index is 5.59. The van der Waals surface area contributed by atoms with Crippen molar-refractivity contribution in [3.63, 3.8) is 0 Å². The van der Waals surface area contributed by atoms with Gasteiger partial charge in [0.2, 0.25) is 0 Å². The molecule has 1 heterocycles. The average Bonchev–Trinajstić information content (AvgIpc) is 2.42. The van der Waals surface area contributed by atoms with Crippen molar-refractivity contribution in [2.24, 2.45) is 5.73 Å². The minimum Gasteiger partial charge on any atom is -0.326 e. The molecule has 2 rings (SSSR count). The number of rotatable bonds is 4. The van der Waals surface area contributed by atoms with Crippen LogP contribution in [0, 0.1) is 0 Å². The van der Waals surface area contributed by atoms with Crippen molar-refractivity contribution in [2.45, 2.75) is 12.6 Å². The summed E-state index contributed by atoms with van der Waals surface area (Å²) in [7, 11) is 1.95. The van der Waals surface area contributed by atoms with Gasteiger partial charge in [0.05, 0.1) is 6.04 Å². The van der Waals surface area contributed by atoms with Gasteiger partial charge in [0.1, 0.15) is 0 Å². The van der Waals surface area contributed by atoms with Crippen LogP contribution < -0.4 is 11.1 Å². The minimum atomic E-state index is 0.176. The molecule has 0 radical (unpaired) electrons. The van der Waals surface area contributed by atoms with E-state index in [4.69, 9.17) is 5.73 Å². The SMILES string of the molecule is CNC(c1ccc(CN)cc1)c1cccnc1.